The van der Waals surface area contributed by atoms with Crippen LogP contribution in [-0.2, 0) is 65.4 Å². The highest BCUT2D eigenvalue weighted by atomic mass is 31.2. The molecule has 0 heterocycles. The second-order valence-corrected chi connectivity index (χ2v) is 38.4. The van der Waals surface area contributed by atoms with E-state index in [4.69, 9.17) is 37.0 Å². The molecule has 0 aromatic carbocycles. The second-order valence-electron chi connectivity index (χ2n) is 35.5. The molecule has 0 saturated carbocycles. The van der Waals surface area contributed by atoms with Crippen LogP contribution >= 0.6 is 15.6 Å². The summed E-state index contributed by atoms with van der Waals surface area (Å²) in [5.74, 6) is 0.293. The molecule has 0 rings (SSSR count). The minimum absolute atomic E-state index is 0.109. The normalized spacial score (nSPS) is 13.7. The number of unbranched alkanes of at least 4 members (excludes halogenated alkanes) is 61. The number of aliphatic hydroxyl groups is 1. The van der Waals surface area contributed by atoms with Gasteiger partial charge in [-0.3, -0.25) is 37.3 Å². The van der Waals surface area contributed by atoms with Crippen LogP contribution in [0.3, 0.4) is 0 Å². The molecule has 0 saturated heterocycles. The summed E-state index contributed by atoms with van der Waals surface area (Å²) in [6, 6.07) is 0. The Morgan fingerprint density at radius 1 is 0.237 bits per heavy atom. The highest BCUT2D eigenvalue weighted by Crippen LogP contribution is 2.45. The zero-order valence-electron chi connectivity index (χ0n) is 75.6. The van der Waals surface area contributed by atoms with Gasteiger partial charge in [-0.2, -0.15) is 0 Å². The first-order valence-electron chi connectivity index (χ1n) is 48.8. The van der Waals surface area contributed by atoms with Crippen LogP contribution < -0.4 is 0 Å². The van der Waals surface area contributed by atoms with Crippen LogP contribution in [0.5, 0.6) is 0 Å². The van der Waals surface area contributed by atoms with E-state index in [1.165, 1.54) is 321 Å². The first kappa shape index (κ1) is 112. The Hall–Kier alpha value is -1.94. The maximum atomic E-state index is 13.2. The number of hydrogen-bond donors (Lipinski definition) is 3. The fourth-order valence-electron chi connectivity index (χ4n) is 15.0. The van der Waals surface area contributed by atoms with E-state index in [0.29, 0.717) is 25.7 Å². The van der Waals surface area contributed by atoms with Crippen LogP contribution in [0.25, 0.3) is 0 Å². The van der Waals surface area contributed by atoms with Crippen LogP contribution in [0, 0.1) is 17.8 Å². The number of aliphatic hydroxyl groups excluding tert-OH is 1. The number of rotatable bonds is 93. The van der Waals surface area contributed by atoms with Gasteiger partial charge in [-0.15, -0.1) is 0 Å². The van der Waals surface area contributed by atoms with Gasteiger partial charge in [0, 0.05) is 25.7 Å². The molecule has 19 heteroatoms. The fraction of sp³-hybridized carbons (Fsp3) is 0.958. The number of phosphoric acid groups is 2. The lowest BCUT2D eigenvalue weighted by atomic mass is 10.0. The van der Waals surface area contributed by atoms with Gasteiger partial charge >= 0.3 is 39.5 Å². The van der Waals surface area contributed by atoms with Gasteiger partial charge in [0.2, 0.25) is 0 Å². The number of carbonyl (C=O) groups is 4. The smallest absolute Gasteiger partial charge is 0.462 e. The van der Waals surface area contributed by atoms with Gasteiger partial charge in [-0.05, 0) is 43.4 Å². The third-order valence-corrected chi connectivity index (χ3v) is 24.3. The van der Waals surface area contributed by atoms with E-state index in [1.54, 1.807) is 0 Å². The van der Waals surface area contributed by atoms with Crippen molar-refractivity contribution >= 4 is 39.5 Å². The molecule has 0 bridgehead atoms. The molecule has 2 unspecified atom stereocenters. The van der Waals surface area contributed by atoms with Gasteiger partial charge in [0.05, 0.1) is 26.4 Å². The van der Waals surface area contributed by atoms with Crippen LogP contribution in [0.15, 0.2) is 0 Å². The largest absolute Gasteiger partial charge is 0.472 e. The average molecular weight is 1660 g/mol. The van der Waals surface area contributed by atoms with E-state index >= 15 is 0 Å². The molecule has 0 aliphatic rings. The van der Waals surface area contributed by atoms with Gasteiger partial charge in [0.15, 0.2) is 12.2 Å². The quantitative estimate of drug-likeness (QED) is 0.0222. The van der Waals surface area contributed by atoms with E-state index in [9.17, 15) is 43.2 Å². The molecule has 0 aliphatic heterocycles. The lowest BCUT2D eigenvalue weighted by Gasteiger charge is -2.21. The molecule has 0 aliphatic carbocycles. The number of carbonyl (C=O) groups excluding carboxylic acids is 4. The van der Waals surface area contributed by atoms with E-state index in [2.05, 4.69) is 48.5 Å². The molecule has 17 nitrogen and oxygen atoms in total. The summed E-state index contributed by atoms with van der Waals surface area (Å²) < 4.78 is 69.2. The molecule has 0 radical (unpaired) electrons. The molecular weight excluding hydrogens is 1470 g/mol. The Morgan fingerprint density at radius 3 is 0.596 bits per heavy atom. The molecule has 0 amide bonds. The predicted molar refractivity (Wildman–Crippen MR) is 474 cm³/mol. The summed E-state index contributed by atoms with van der Waals surface area (Å²) in [5.41, 5.74) is 0. The van der Waals surface area contributed by atoms with Gasteiger partial charge < -0.3 is 33.8 Å². The number of hydrogen-bond acceptors (Lipinski definition) is 15. The summed E-state index contributed by atoms with van der Waals surface area (Å²) in [5, 5.41) is 10.7. The second kappa shape index (κ2) is 84.7. The summed E-state index contributed by atoms with van der Waals surface area (Å²) >= 11 is 0. The predicted octanol–water partition coefficient (Wildman–Crippen LogP) is 29.6. The first-order valence-corrected chi connectivity index (χ1v) is 51.8. The van der Waals surface area contributed by atoms with Crippen molar-refractivity contribution in [3.05, 3.63) is 0 Å². The molecular formula is C95H186O17P2. The van der Waals surface area contributed by atoms with E-state index in [0.717, 1.165) is 108 Å². The van der Waals surface area contributed by atoms with Gasteiger partial charge in [-0.1, -0.05) is 459 Å². The van der Waals surface area contributed by atoms with E-state index in [1.807, 2.05) is 0 Å². The zero-order chi connectivity index (χ0) is 83.6. The molecule has 0 spiro atoms. The molecule has 0 fully saturated rings. The van der Waals surface area contributed by atoms with Crippen molar-refractivity contribution in [3.8, 4) is 0 Å². The maximum Gasteiger partial charge on any atom is 0.472 e. The van der Waals surface area contributed by atoms with Gasteiger partial charge in [0.1, 0.15) is 19.3 Å². The Morgan fingerprint density at radius 2 is 0.404 bits per heavy atom. The van der Waals surface area contributed by atoms with Crippen molar-refractivity contribution in [1.29, 1.82) is 0 Å². The molecule has 5 atom stereocenters. The SMILES string of the molecule is CCCCCCCCCCCCCCCCCCCCCCC(=O)O[C@H](COC(=O)CCCCCCCCCCCC(C)C)COP(=O)(O)OC[C@H](O)COP(=O)(O)OC[C@@H](COC(=O)CCCCCCCCCCCCCCCCCCCCC(C)C)OC(=O)CCCCCCCCCCCCCCCCCCCCC(C)C. The van der Waals surface area contributed by atoms with Gasteiger partial charge in [-0.25, -0.2) is 9.13 Å². The molecule has 0 aromatic rings. The Labute approximate surface area is 702 Å². The Kier molecular flexibility index (Phi) is 83.2. The average Bonchev–Trinajstić information content (AvgIpc) is 0.895. The van der Waals surface area contributed by atoms with Crippen molar-refractivity contribution in [2.75, 3.05) is 39.6 Å². The molecule has 114 heavy (non-hydrogen) atoms. The maximum absolute atomic E-state index is 13.2. The zero-order valence-corrected chi connectivity index (χ0v) is 77.4. The van der Waals surface area contributed by atoms with Crippen molar-refractivity contribution < 1.29 is 80.2 Å². The number of ether oxygens (including phenoxy) is 4. The minimum atomic E-state index is -4.97. The standard InChI is InChI=1S/C95H186O17P2/c1-8-9-10-11-12-13-14-15-16-17-18-19-27-32-37-42-49-57-64-71-79-95(100)112-91(83-106-93(98)77-70-63-56-51-44-47-54-61-68-75-88(6)7)85-110-114(103,104)108-81-89(96)80-107-113(101,102)109-84-90(111-94(99)78-72-65-58-50-43-38-33-28-23-21-25-30-35-40-46-53-60-67-74-87(4)5)82-105-92(97)76-69-62-55-48-41-36-31-26-22-20-24-29-34-39-45-52-59-66-73-86(2)3/h86-91,96H,8-85H2,1-7H3,(H,101,102)(H,103,104)/t89-,90-,91-/m1/s1. The minimum Gasteiger partial charge on any atom is -0.462 e. The summed E-state index contributed by atoms with van der Waals surface area (Å²) in [7, 11) is -9.94. The van der Waals surface area contributed by atoms with Crippen molar-refractivity contribution in [2.24, 2.45) is 17.8 Å². The summed E-state index contributed by atoms with van der Waals surface area (Å²) in [4.78, 5) is 73.6. The van der Waals surface area contributed by atoms with Crippen LogP contribution in [0.4, 0.5) is 0 Å². The Balaban J connectivity index is 5.24. The van der Waals surface area contributed by atoms with Crippen molar-refractivity contribution in [2.45, 2.75) is 529 Å². The van der Waals surface area contributed by atoms with Crippen LogP contribution in [0.1, 0.15) is 511 Å². The van der Waals surface area contributed by atoms with Crippen molar-refractivity contribution in [3.63, 3.8) is 0 Å². The third kappa shape index (κ3) is 87.9. The summed E-state index contributed by atoms with van der Waals surface area (Å²) in [6.07, 6.45) is 79.4. The summed E-state index contributed by atoms with van der Waals surface area (Å²) in [6.45, 7) is 12.1. The van der Waals surface area contributed by atoms with Crippen molar-refractivity contribution in [1.82, 2.24) is 0 Å². The van der Waals surface area contributed by atoms with Crippen LogP contribution in [0.2, 0.25) is 0 Å². The highest BCUT2D eigenvalue weighted by Gasteiger charge is 2.31. The topological polar surface area (TPSA) is 237 Å². The third-order valence-electron chi connectivity index (χ3n) is 22.4. The van der Waals surface area contributed by atoms with Gasteiger partial charge in [0.25, 0.3) is 0 Å². The number of phosphoric ester groups is 2. The molecule has 3 N–H and O–H groups in total. The first-order chi connectivity index (χ1) is 55.2. The fourth-order valence-corrected chi connectivity index (χ4v) is 16.5. The van der Waals surface area contributed by atoms with Crippen LogP contribution in [-0.4, -0.2) is 96.7 Å². The van der Waals surface area contributed by atoms with E-state index in [-0.39, 0.29) is 25.7 Å². The number of esters is 4. The highest BCUT2D eigenvalue weighted by molar-refractivity contribution is 7.47. The Bertz CT molecular complexity index is 2180. The molecule has 0 aromatic heterocycles. The monoisotopic (exact) mass is 1660 g/mol. The lowest BCUT2D eigenvalue weighted by Crippen LogP contribution is -2.30. The van der Waals surface area contributed by atoms with E-state index < -0.39 is 97.5 Å². The lowest BCUT2D eigenvalue weighted by molar-refractivity contribution is -0.161. The molecule has 678 valence electrons.